The quantitative estimate of drug-likeness (QED) is 0.788. The lowest BCUT2D eigenvalue weighted by Crippen LogP contribution is -2.13. The van der Waals surface area contributed by atoms with Crippen LogP contribution in [0.4, 0.5) is 8.78 Å². The third-order valence-electron chi connectivity index (χ3n) is 2.80. The molecule has 20 heavy (non-hydrogen) atoms. The molecule has 2 aromatic rings. The van der Waals surface area contributed by atoms with Crippen molar-refractivity contribution in [1.29, 1.82) is 5.26 Å². The van der Waals surface area contributed by atoms with Crippen molar-refractivity contribution in [3.05, 3.63) is 69.7 Å². The summed E-state index contributed by atoms with van der Waals surface area (Å²) in [6, 6.07) is 11.1. The molecule has 0 saturated heterocycles. The molecule has 0 aromatic heterocycles. The second kappa shape index (κ2) is 5.93. The van der Waals surface area contributed by atoms with Gasteiger partial charge in [-0.3, -0.25) is 4.79 Å². The fourth-order valence-corrected chi connectivity index (χ4v) is 2.30. The van der Waals surface area contributed by atoms with Crippen LogP contribution in [-0.2, 0) is 0 Å². The third kappa shape index (κ3) is 2.75. The van der Waals surface area contributed by atoms with E-state index in [0.29, 0.717) is 10.5 Å². The number of rotatable bonds is 3. The van der Waals surface area contributed by atoms with Crippen LogP contribution in [-0.4, -0.2) is 5.78 Å². The van der Waals surface area contributed by atoms with E-state index < -0.39 is 23.3 Å². The van der Waals surface area contributed by atoms with E-state index in [1.54, 1.807) is 24.3 Å². The van der Waals surface area contributed by atoms with Gasteiger partial charge in [-0.15, -0.1) is 0 Å². The molecule has 0 aliphatic heterocycles. The normalized spacial score (nSPS) is 11.7. The van der Waals surface area contributed by atoms with Crippen molar-refractivity contribution >= 4 is 21.7 Å². The van der Waals surface area contributed by atoms with Crippen molar-refractivity contribution < 1.29 is 13.6 Å². The maximum absolute atomic E-state index is 13.7. The number of benzene rings is 2. The predicted octanol–water partition coefficient (Wildman–Crippen LogP) is 4.22. The van der Waals surface area contributed by atoms with Crippen LogP contribution >= 0.6 is 15.9 Å². The number of nitrogens with zero attached hydrogens (tertiary/aromatic N) is 1. The van der Waals surface area contributed by atoms with Crippen molar-refractivity contribution in [3.8, 4) is 6.07 Å². The topological polar surface area (TPSA) is 40.9 Å². The van der Waals surface area contributed by atoms with E-state index in [1.165, 1.54) is 6.07 Å². The molecule has 100 valence electrons. The van der Waals surface area contributed by atoms with E-state index in [4.69, 9.17) is 5.26 Å². The molecule has 0 heterocycles. The van der Waals surface area contributed by atoms with Gasteiger partial charge in [0.1, 0.15) is 17.6 Å². The summed E-state index contributed by atoms with van der Waals surface area (Å²) in [7, 11) is 0. The van der Waals surface area contributed by atoms with Gasteiger partial charge in [0.2, 0.25) is 0 Å². The predicted molar refractivity (Wildman–Crippen MR) is 73.2 cm³/mol. The van der Waals surface area contributed by atoms with Gasteiger partial charge in [0.15, 0.2) is 5.78 Å². The van der Waals surface area contributed by atoms with Crippen LogP contribution in [0.25, 0.3) is 0 Å². The molecule has 0 fully saturated rings. The molecule has 0 aliphatic rings. The molecule has 2 aromatic carbocycles. The lowest BCUT2D eigenvalue weighted by molar-refractivity contribution is 0.0976. The van der Waals surface area contributed by atoms with E-state index in [1.807, 2.05) is 0 Å². The van der Waals surface area contributed by atoms with Gasteiger partial charge in [0, 0.05) is 21.7 Å². The summed E-state index contributed by atoms with van der Waals surface area (Å²) in [6.07, 6.45) is 0. The molecule has 1 atom stereocenters. The van der Waals surface area contributed by atoms with Gasteiger partial charge in [0.25, 0.3) is 0 Å². The van der Waals surface area contributed by atoms with E-state index in [9.17, 15) is 13.6 Å². The third-order valence-corrected chi connectivity index (χ3v) is 3.50. The highest BCUT2D eigenvalue weighted by molar-refractivity contribution is 9.10. The highest BCUT2D eigenvalue weighted by Gasteiger charge is 2.26. The molecular formula is C15H8BrF2NO. The van der Waals surface area contributed by atoms with Gasteiger partial charge in [-0.1, -0.05) is 40.2 Å². The molecule has 0 spiro atoms. The zero-order valence-corrected chi connectivity index (χ0v) is 11.7. The fourth-order valence-electron chi connectivity index (χ4n) is 1.82. The molecule has 2 rings (SSSR count). The van der Waals surface area contributed by atoms with Crippen LogP contribution in [0.15, 0.2) is 46.9 Å². The van der Waals surface area contributed by atoms with Gasteiger partial charge in [-0.2, -0.15) is 5.26 Å². The highest BCUT2D eigenvalue weighted by atomic mass is 79.9. The van der Waals surface area contributed by atoms with Crippen LogP contribution in [0.3, 0.4) is 0 Å². The Hall–Kier alpha value is -2.06. The standard InChI is InChI=1S/C15H8BrF2NO/c16-13-4-2-1-3-11(13)15(20)12(8-19)10-6-5-9(17)7-14(10)18/h1-7,12H. The van der Waals surface area contributed by atoms with Gasteiger partial charge in [-0.25, -0.2) is 8.78 Å². The minimum atomic E-state index is -1.31. The Morgan fingerprint density at radius 1 is 1.20 bits per heavy atom. The molecular weight excluding hydrogens is 328 g/mol. The van der Waals surface area contributed by atoms with E-state index >= 15 is 0 Å². The Labute approximate surface area is 122 Å². The summed E-state index contributed by atoms with van der Waals surface area (Å²) >= 11 is 3.21. The summed E-state index contributed by atoms with van der Waals surface area (Å²) in [6.45, 7) is 0. The molecule has 2 nitrogen and oxygen atoms in total. The molecule has 1 unspecified atom stereocenters. The maximum atomic E-state index is 13.7. The number of carbonyl (C=O) groups is 1. The first-order chi connectivity index (χ1) is 9.54. The minimum Gasteiger partial charge on any atom is -0.292 e. The number of ketones is 1. The summed E-state index contributed by atoms with van der Waals surface area (Å²) in [5.41, 5.74) is 0.150. The fraction of sp³-hybridized carbons (Fsp3) is 0.0667. The van der Waals surface area contributed by atoms with Gasteiger partial charge in [0.05, 0.1) is 6.07 Å². The summed E-state index contributed by atoms with van der Waals surface area (Å²) in [4.78, 5) is 12.3. The summed E-state index contributed by atoms with van der Waals surface area (Å²) in [5, 5.41) is 9.15. The van der Waals surface area contributed by atoms with Crippen molar-refractivity contribution in [2.24, 2.45) is 0 Å². The van der Waals surface area contributed by atoms with Crippen LogP contribution in [0.5, 0.6) is 0 Å². The Morgan fingerprint density at radius 2 is 1.90 bits per heavy atom. The molecule has 0 N–H and O–H groups in total. The van der Waals surface area contributed by atoms with Crippen molar-refractivity contribution in [2.75, 3.05) is 0 Å². The first-order valence-corrected chi connectivity index (χ1v) is 6.47. The van der Waals surface area contributed by atoms with Gasteiger partial charge < -0.3 is 0 Å². The van der Waals surface area contributed by atoms with E-state index in [2.05, 4.69) is 15.9 Å². The monoisotopic (exact) mass is 335 g/mol. The number of Topliss-reactive ketones (excluding diaryl/α,β-unsaturated/α-hetero) is 1. The first-order valence-electron chi connectivity index (χ1n) is 5.68. The lowest BCUT2D eigenvalue weighted by Gasteiger charge is -2.11. The average molecular weight is 336 g/mol. The highest BCUT2D eigenvalue weighted by Crippen LogP contribution is 2.27. The number of hydrogen-bond acceptors (Lipinski definition) is 2. The van der Waals surface area contributed by atoms with Crippen LogP contribution < -0.4 is 0 Å². The minimum absolute atomic E-state index is 0.130. The Bertz CT molecular complexity index is 709. The van der Waals surface area contributed by atoms with Crippen LogP contribution in [0.1, 0.15) is 21.8 Å². The van der Waals surface area contributed by atoms with Crippen molar-refractivity contribution in [1.82, 2.24) is 0 Å². The second-order valence-electron chi connectivity index (χ2n) is 4.07. The first kappa shape index (κ1) is 14.4. The molecule has 0 amide bonds. The maximum Gasteiger partial charge on any atom is 0.185 e. The Kier molecular flexibility index (Phi) is 4.26. The van der Waals surface area contributed by atoms with E-state index in [0.717, 1.165) is 12.1 Å². The number of nitriles is 1. The van der Waals surface area contributed by atoms with Gasteiger partial charge in [-0.05, 0) is 12.1 Å². The van der Waals surface area contributed by atoms with Crippen LogP contribution in [0, 0.1) is 23.0 Å². The molecule has 5 heteroatoms. The zero-order chi connectivity index (χ0) is 14.7. The molecule has 0 radical (unpaired) electrons. The SMILES string of the molecule is N#CC(C(=O)c1ccccc1Br)c1ccc(F)cc1F. The average Bonchev–Trinajstić information content (AvgIpc) is 2.42. The van der Waals surface area contributed by atoms with Gasteiger partial charge >= 0.3 is 0 Å². The number of halogens is 3. The van der Waals surface area contributed by atoms with E-state index in [-0.39, 0.29) is 11.1 Å². The number of hydrogen-bond donors (Lipinski definition) is 0. The van der Waals surface area contributed by atoms with Crippen molar-refractivity contribution in [3.63, 3.8) is 0 Å². The molecule has 0 bridgehead atoms. The summed E-state index contributed by atoms with van der Waals surface area (Å²) < 4.78 is 27.1. The van der Waals surface area contributed by atoms with Crippen LogP contribution in [0.2, 0.25) is 0 Å². The molecule has 0 saturated carbocycles. The molecule has 0 aliphatic carbocycles. The smallest absolute Gasteiger partial charge is 0.185 e. The summed E-state index contributed by atoms with van der Waals surface area (Å²) in [5.74, 6) is -3.51. The zero-order valence-electron chi connectivity index (χ0n) is 10.1. The Morgan fingerprint density at radius 3 is 2.50 bits per heavy atom. The number of carbonyl (C=O) groups excluding carboxylic acids is 1. The lowest BCUT2D eigenvalue weighted by atomic mass is 9.91. The second-order valence-corrected chi connectivity index (χ2v) is 4.93. The largest absolute Gasteiger partial charge is 0.292 e. The van der Waals surface area contributed by atoms with Crippen molar-refractivity contribution in [2.45, 2.75) is 5.92 Å². The Balaban J connectivity index is 2.46.